The molecule has 0 unspecified atom stereocenters. The Labute approximate surface area is 225 Å². The van der Waals surface area contributed by atoms with Crippen LogP contribution in [-0.4, -0.2) is 44.1 Å². The molecule has 5 heteroatoms. The van der Waals surface area contributed by atoms with Crippen molar-refractivity contribution in [2.45, 2.75) is 141 Å². The largest absolute Gasteiger partial charge is 0.744 e. The molecule has 0 aromatic heterocycles. The molecule has 0 spiro atoms. The lowest BCUT2D eigenvalue weighted by Gasteiger charge is -2.35. The molecule has 0 bridgehead atoms. The van der Waals surface area contributed by atoms with Gasteiger partial charge in [0.2, 0.25) is 0 Å². The lowest BCUT2D eigenvalue weighted by molar-refractivity contribution is -0.910. The summed E-state index contributed by atoms with van der Waals surface area (Å²) in [6.07, 6.45) is 25.9. The first-order valence-electron chi connectivity index (χ1n) is 15.1. The topological polar surface area (TPSA) is 57.2 Å². The lowest BCUT2D eigenvalue weighted by atomic mass is 10.1. The summed E-state index contributed by atoms with van der Waals surface area (Å²) in [7, 11) is -1.69. The molecule has 0 fully saturated rings. The van der Waals surface area contributed by atoms with Crippen LogP contribution in [0.1, 0.15) is 136 Å². The molecule has 36 heavy (non-hydrogen) atoms. The fourth-order valence-electron chi connectivity index (χ4n) is 4.74. The molecule has 4 nitrogen and oxygen atoms in total. The van der Waals surface area contributed by atoms with Gasteiger partial charge in [-0.1, -0.05) is 116 Å². The van der Waals surface area contributed by atoms with Crippen molar-refractivity contribution in [3.63, 3.8) is 0 Å². The van der Waals surface area contributed by atoms with E-state index < -0.39 is 10.1 Å². The normalized spacial score (nSPS) is 11.8. The van der Waals surface area contributed by atoms with E-state index in [1.807, 2.05) is 0 Å². The fraction of sp³-hybridized carbons (Fsp3) is 0.806. The van der Waals surface area contributed by atoms with Crippen molar-refractivity contribution in [3.05, 3.63) is 30.3 Å². The van der Waals surface area contributed by atoms with Crippen molar-refractivity contribution in [1.82, 2.24) is 0 Å². The van der Waals surface area contributed by atoms with E-state index in [1.165, 1.54) is 164 Å². The van der Waals surface area contributed by atoms with Crippen molar-refractivity contribution in [1.29, 1.82) is 0 Å². The first-order valence-corrected chi connectivity index (χ1v) is 16.5. The van der Waals surface area contributed by atoms with Crippen molar-refractivity contribution in [2.24, 2.45) is 0 Å². The first-order chi connectivity index (χ1) is 17.3. The predicted octanol–water partition coefficient (Wildman–Crippen LogP) is 9.11. The maximum absolute atomic E-state index is 10.3. The van der Waals surface area contributed by atoms with E-state index in [0.29, 0.717) is 0 Å². The Kier molecular flexibility index (Phi) is 22.6. The third-order valence-corrected chi connectivity index (χ3v) is 8.04. The summed E-state index contributed by atoms with van der Waals surface area (Å²) in [5.74, 6) is 0. The smallest absolute Gasteiger partial charge is 0.124 e. The molecule has 0 saturated heterocycles. The molecule has 1 rings (SSSR count). The molecule has 1 aromatic rings. The minimum Gasteiger partial charge on any atom is -0.744 e. The van der Waals surface area contributed by atoms with Crippen LogP contribution in [0.3, 0.4) is 0 Å². The highest BCUT2D eigenvalue weighted by Gasteiger charge is 2.20. The molecular weight excluding hydrogens is 466 g/mol. The Balaban J connectivity index is 0.00000101. The van der Waals surface area contributed by atoms with Gasteiger partial charge >= 0.3 is 0 Å². The second-order valence-corrected chi connectivity index (χ2v) is 12.2. The van der Waals surface area contributed by atoms with Gasteiger partial charge in [-0.05, 0) is 50.7 Å². The number of benzene rings is 1. The molecule has 0 atom stereocenters. The minimum atomic E-state index is -4.25. The van der Waals surface area contributed by atoms with Crippen molar-refractivity contribution < 1.29 is 17.5 Å². The summed E-state index contributed by atoms with van der Waals surface area (Å²) < 4.78 is 32.2. The van der Waals surface area contributed by atoms with E-state index in [4.69, 9.17) is 0 Å². The quantitative estimate of drug-likeness (QED) is 0.0861. The first kappa shape index (κ1) is 35.1. The average Bonchev–Trinajstić information content (AvgIpc) is 2.86. The Hall–Kier alpha value is -0.910. The lowest BCUT2D eigenvalue weighted by Crippen LogP contribution is -2.46. The Morgan fingerprint density at radius 3 is 1.14 bits per heavy atom. The third kappa shape index (κ3) is 21.2. The van der Waals surface area contributed by atoms with E-state index in [1.54, 1.807) is 6.07 Å². The summed E-state index contributed by atoms with van der Waals surface area (Å²) in [5.41, 5.74) is 0. The van der Waals surface area contributed by atoms with Crippen LogP contribution in [0.5, 0.6) is 0 Å². The fourth-order valence-corrected chi connectivity index (χ4v) is 5.23. The maximum atomic E-state index is 10.3. The second kappa shape index (κ2) is 23.2. The molecule has 0 aliphatic rings. The molecule has 0 N–H and O–H groups in total. The summed E-state index contributed by atoms with van der Waals surface area (Å²) in [4.78, 5) is -0.185. The SMILES string of the molecule is CCCCCCCC[N+](C)(CCCCCCCC)CCCCCCCC.O=S(=O)([O-])c1ccccc1. The van der Waals surface area contributed by atoms with E-state index in [2.05, 4.69) is 27.8 Å². The Morgan fingerprint density at radius 2 is 0.861 bits per heavy atom. The van der Waals surface area contributed by atoms with Crippen molar-refractivity contribution in [2.75, 3.05) is 26.7 Å². The van der Waals surface area contributed by atoms with Crippen LogP contribution in [0.25, 0.3) is 0 Å². The molecule has 0 amide bonds. The van der Waals surface area contributed by atoms with Crippen molar-refractivity contribution in [3.8, 4) is 0 Å². The predicted molar refractivity (Wildman–Crippen MR) is 155 cm³/mol. The van der Waals surface area contributed by atoms with Gasteiger partial charge in [-0.25, -0.2) is 8.42 Å². The molecule has 1 aromatic carbocycles. The molecule has 0 radical (unpaired) electrons. The summed E-state index contributed by atoms with van der Waals surface area (Å²) in [6, 6.07) is 7.19. The monoisotopic (exact) mass is 525 g/mol. The molecule has 0 heterocycles. The average molecular weight is 526 g/mol. The van der Waals surface area contributed by atoms with Crippen LogP contribution >= 0.6 is 0 Å². The van der Waals surface area contributed by atoms with Crippen LogP contribution in [0.4, 0.5) is 0 Å². The molecule has 0 saturated carbocycles. The number of nitrogens with zero attached hydrogens (tertiary/aromatic N) is 1. The van der Waals surface area contributed by atoms with Gasteiger partial charge in [-0.3, -0.25) is 0 Å². The number of quaternary nitrogens is 1. The van der Waals surface area contributed by atoms with E-state index in [0.717, 1.165) is 0 Å². The van der Waals surface area contributed by atoms with Crippen LogP contribution < -0.4 is 0 Å². The zero-order valence-corrected chi connectivity index (χ0v) is 25.1. The zero-order chi connectivity index (χ0) is 27.0. The highest BCUT2D eigenvalue weighted by molar-refractivity contribution is 7.85. The number of hydrogen-bond acceptors (Lipinski definition) is 3. The van der Waals surface area contributed by atoms with E-state index >= 15 is 0 Å². The van der Waals surface area contributed by atoms with Gasteiger partial charge in [0.25, 0.3) is 0 Å². The highest BCUT2D eigenvalue weighted by atomic mass is 32.2. The van der Waals surface area contributed by atoms with Crippen LogP contribution in [0.15, 0.2) is 35.2 Å². The third-order valence-electron chi connectivity index (χ3n) is 7.19. The van der Waals surface area contributed by atoms with Gasteiger partial charge in [0, 0.05) is 0 Å². The van der Waals surface area contributed by atoms with Gasteiger partial charge in [-0.2, -0.15) is 0 Å². The minimum absolute atomic E-state index is 0.185. The van der Waals surface area contributed by atoms with Gasteiger partial charge < -0.3 is 9.04 Å². The van der Waals surface area contributed by atoms with Gasteiger partial charge in [0.05, 0.1) is 31.6 Å². The van der Waals surface area contributed by atoms with E-state index in [9.17, 15) is 13.0 Å². The van der Waals surface area contributed by atoms with Crippen LogP contribution in [-0.2, 0) is 10.1 Å². The molecule has 0 aliphatic heterocycles. The Bertz CT molecular complexity index is 650. The highest BCUT2D eigenvalue weighted by Crippen LogP contribution is 2.16. The molecule has 212 valence electrons. The summed E-state index contributed by atoms with van der Waals surface area (Å²) in [5, 5.41) is 0. The van der Waals surface area contributed by atoms with Gasteiger partial charge in [0.15, 0.2) is 0 Å². The zero-order valence-electron chi connectivity index (χ0n) is 24.3. The molecule has 0 aliphatic carbocycles. The van der Waals surface area contributed by atoms with E-state index in [-0.39, 0.29) is 4.90 Å². The number of hydrogen-bond donors (Lipinski definition) is 0. The maximum Gasteiger partial charge on any atom is 0.124 e. The Morgan fingerprint density at radius 1 is 0.556 bits per heavy atom. The number of unbranched alkanes of at least 4 members (excludes halogenated alkanes) is 15. The summed E-state index contributed by atoms with van der Waals surface area (Å²) in [6.45, 7) is 11.2. The van der Waals surface area contributed by atoms with Crippen LogP contribution in [0.2, 0.25) is 0 Å². The van der Waals surface area contributed by atoms with Gasteiger partial charge in [0.1, 0.15) is 10.1 Å². The number of rotatable bonds is 22. The molecular formula is C31H59NO3S. The van der Waals surface area contributed by atoms with Crippen LogP contribution in [0, 0.1) is 0 Å². The second-order valence-electron chi connectivity index (χ2n) is 10.9. The van der Waals surface area contributed by atoms with Gasteiger partial charge in [-0.15, -0.1) is 0 Å². The van der Waals surface area contributed by atoms with Crippen molar-refractivity contribution >= 4 is 10.1 Å². The standard InChI is InChI=1S/C25H54N.C6H6O3S/c1-5-8-11-14-17-20-23-26(4,24-21-18-15-12-9-6-2)25-22-19-16-13-10-7-3;7-10(8,9)6-4-2-1-3-5-6/h5-25H2,1-4H3;1-5H,(H,7,8,9)/q+1;/p-1. The summed E-state index contributed by atoms with van der Waals surface area (Å²) >= 11 is 0.